The van der Waals surface area contributed by atoms with Gasteiger partial charge in [-0.1, -0.05) is 30.3 Å². The third-order valence-corrected chi connectivity index (χ3v) is 4.24. The summed E-state index contributed by atoms with van der Waals surface area (Å²) in [6.45, 7) is 0.333. The topological polar surface area (TPSA) is 76.0 Å². The molecule has 0 aliphatic heterocycles. The zero-order chi connectivity index (χ0) is 16.9. The van der Waals surface area contributed by atoms with Gasteiger partial charge >= 0.3 is 5.97 Å². The summed E-state index contributed by atoms with van der Waals surface area (Å²) in [4.78, 5) is 11.0. The van der Waals surface area contributed by atoms with E-state index in [2.05, 4.69) is 0 Å². The second-order valence-corrected chi connectivity index (χ2v) is 5.92. The lowest BCUT2D eigenvalue weighted by atomic mass is 10.1. The van der Waals surface area contributed by atoms with Gasteiger partial charge in [0.15, 0.2) is 0 Å². The van der Waals surface area contributed by atoms with Crippen molar-refractivity contribution in [2.45, 2.75) is 31.7 Å². The Kier molecular flexibility index (Phi) is 5.13. The van der Waals surface area contributed by atoms with Crippen molar-refractivity contribution in [2.24, 2.45) is 5.92 Å². The fourth-order valence-electron chi connectivity index (χ4n) is 2.88. The first-order chi connectivity index (χ1) is 11.6. The predicted octanol–water partition coefficient (Wildman–Crippen LogP) is 3.22. The minimum absolute atomic E-state index is 0.333. The van der Waals surface area contributed by atoms with E-state index in [4.69, 9.17) is 14.6 Å². The molecule has 24 heavy (non-hydrogen) atoms. The van der Waals surface area contributed by atoms with Crippen LogP contribution in [0.3, 0.4) is 0 Å². The molecular weight excluding hydrogens is 308 g/mol. The number of aliphatic hydroxyl groups is 1. The summed E-state index contributed by atoms with van der Waals surface area (Å²) in [7, 11) is 0. The minimum Gasteiger partial charge on any atom is -0.481 e. The number of hydrogen-bond donors (Lipinski definition) is 2. The molecule has 3 atom stereocenters. The molecule has 1 fully saturated rings. The number of para-hydroxylation sites is 1. The summed E-state index contributed by atoms with van der Waals surface area (Å²) in [5.41, 5.74) is 0.946. The molecule has 2 aromatic rings. The van der Waals surface area contributed by atoms with Gasteiger partial charge in [0, 0.05) is 0 Å². The number of carbonyl (C=O) groups is 1. The normalized spacial score (nSPS) is 23.1. The van der Waals surface area contributed by atoms with Crippen LogP contribution in [-0.4, -0.2) is 28.4 Å². The standard InChI is InChI=1S/C19H20O5/c20-18-16(19(21)22)10-11-17(18)23-12-13-6-8-15(9-7-13)24-14-4-2-1-3-5-14/h1-9,16-18,20H,10-12H2,(H,21,22)/t16-,17+,18+/m0/s1. The van der Waals surface area contributed by atoms with E-state index >= 15 is 0 Å². The SMILES string of the molecule is O=C(O)[C@H]1CC[C@@H](OCc2ccc(Oc3ccccc3)cc2)[C@@H]1O. The van der Waals surface area contributed by atoms with Crippen LogP contribution in [0.15, 0.2) is 54.6 Å². The molecular formula is C19H20O5. The summed E-state index contributed by atoms with van der Waals surface area (Å²) in [5, 5.41) is 19.0. The third kappa shape index (κ3) is 3.93. The van der Waals surface area contributed by atoms with Crippen LogP contribution < -0.4 is 4.74 Å². The van der Waals surface area contributed by atoms with E-state index in [1.165, 1.54) is 0 Å². The van der Waals surface area contributed by atoms with E-state index in [1.54, 1.807) is 0 Å². The largest absolute Gasteiger partial charge is 0.481 e. The Balaban J connectivity index is 1.52. The highest BCUT2D eigenvalue weighted by atomic mass is 16.5. The van der Waals surface area contributed by atoms with Gasteiger partial charge in [0.2, 0.25) is 0 Å². The summed E-state index contributed by atoms with van der Waals surface area (Å²) in [5.74, 6) is -0.181. The number of carboxylic acids is 1. The molecule has 1 aliphatic rings. The van der Waals surface area contributed by atoms with Crippen LogP contribution >= 0.6 is 0 Å². The number of rotatable bonds is 6. The lowest BCUT2D eigenvalue weighted by Crippen LogP contribution is -2.31. The molecule has 0 saturated heterocycles. The van der Waals surface area contributed by atoms with Crippen molar-refractivity contribution in [3.05, 3.63) is 60.2 Å². The molecule has 1 aliphatic carbocycles. The molecule has 0 bridgehead atoms. The average Bonchev–Trinajstić information content (AvgIpc) is 2.96. The maximum atomic E-state index is 11.0. The Morgan fingerprint density at radius 2 is 1.67 bits per heavy atom. The van der Waals surface area contributed by atoms with E-state index in [0.29, 0.717) is 19.4 Å². The Morgan fingerprint density at radius 1 is 1.00 bits per heavy atom. The fraction of sp³-hybridized carbons (Fsp3) is 0.316. The lowest BCUT2D eigenvalue weighted by molar-refractivity contribution is -0.146. The minimum atomic E-state index is -0.962. The predicted molar refractivity (Wildman–Crippen MR) is 87.9 cm³/mol. The van der Waals surface area contributed by atoms with Crippen molar-refractivity contribution in [1.29, 1.82) is 0 Å². The molecule has 0 heterocycles. The number of aliphatic hydroxyl groups excluding tert-OH is 1. The smallest absolute Gasteiger partial charge is 0.309 e. The van der Waals surface area contributed by atoms with Gasteiger partial charge in [0.1, 0.15) is 11.5 Å². The van der Waals surface area contributed by atoms with Crippen LogP contribution in [-0.2, 0) is 16.1 Å². The second kappa shape index (κ2) is 7.47. The Hall–Kier alpha value is -2.37. The van der Waals surface area contributed by atoms with Crippen LogP contribution in [0, 0.1) is 5.92 Å². The first-order valence-electron chi connectivity index (χ1n) is 7.98. The van der Waals surface area contributed by atoms with E-state index in [-0.39, 0.29) is 0 Å². The molecule has 126 valence electrons. The maximum Gasteiger partial charge on any atom is 0.309 e. The summed E-state index contributed by atoms with van der Waals surface area (Å²) in [6.07, 6.45) is -0.354. The molecule has 3 rings (SSSR count). The Labute approximate surface area is 140 Å². The van der Waals surface area contributed by atoms with Gasteiger partial charge in [-0.15, -0.1) is 0 Å². The molecule has 0 amide bonds. The molecule has 5 nitrogen and oxygen atoms in total. The Bertz CT molecular complexity index is 668. The van der Waals surface area contributed by atoms with Crippen molar-refractivity contribution in [3.8, 4) is 11.5 Å². The van der Waals surface area contributed by atoms with Crippen molar-refractivity contribution in [2.75, 3.05) is 0 Å². The second-order valence-electron chi connectivity index (χ2n) is 5.92. The van der Waals surface area contributed by atoms with Crippen molar-refractivity contribution >= 4 is 5.97 Å². The summed E-state index contributed by atoms with van der Waals surface area (Å²) < 4.78 is 11.4. The van der Waals surface area contributed by atoms with Crippen LogP contribution in [0.5, 0.6) is 11.5 Å². The molecule has 5 heteroatoms. The van der Waals surface area contributed by atoms with Gasteiger partial charge in [-0.2, -0.15) is 0 Å². The number of hydrogen-bond acceptors (Lipinski definition) is 4. The number of carboxylic acid groups (broad SMARTS) is 1. The molecule has 0 spiro atoms. The van der Waals surface area contributed by atoms with Crippen LogP contribution in [0.1, 0.15) is 18.4 Å². The van der Waals surface area contributed by atoms with Gasteiger partial charge in [0.25, 0.3) is 0 Å². The first-order valence-corrected chi connectivity index (χ1v) is 7.98. The van der Waals surface area contributed by atoms with E-state index < -0.39 is 24.1 Å². The van der Waals surface area contributed by atoms with Gasteiger partial charge in [-0.25, -0.2) is 0 Å². The summed E-state index contributed by atoms with van der Waals surface area (Å²) >= 11 is 0. The van der Waals surface area contributed by atoms with Crippen LogP contribution in [0.2, 0.25) is 0 Å². The average molecular weight is 328 g/mol. The van der Waals surface area contributed by atoms with Gasteiger partial charge in [-0.3, -0.25) is 4.79 Å². The molecule has 1 saturated carbocycles. The van der Waals surface area contributed by atoms with E-state index in [0.717, 1.165) is 17.1 Å². The van der Waals surface area contributed by atoms with Crippen LogP contribution in [0.4, 0.5) is 0 Å². The number of ether oxygens (including phenoxy) is 2. The highest BCUT2D eigenvalue weighted by Crippen LogP contribution is 2.29. The molecule has 2 aromatic carbocycles. The Morgan fingerprint density at radius 3 is 2.29 bits per heavy atom. The first kappa shape index (κ1) is 16.5. The highest BCUT2D eigenvalue weighted by Gasteiger charge is 2.39. The van der Waals surface area contributed by atoms with E-state index in [1.807, 2.05) is 54.6 Å². The fourth-order valence-corrected chi connectivity index (χ4v) is 2.88. The maximum absolute atomic E-state index is 11.0. The zero-order valence-electron chi connectivity index (χ0n) is 13.2. The van der Waals surface area contributed by atoms with Gasteiger partial charge in [-0.05, 0) is 42.7 Å². The van der Waals surface area contributed by atoms with Gasteiger partial charge in [0.05, 0.1) is 24.7 Å². The highest BCUT2D eigenvalue weighted by molar-refractivity contribution is 5.71. The van der Waals surface area contributed by atoms with Crippen molar-refractivity contribution in [1.82, 2.24) is 0 Å². The van der Waals surface area contributed by atoms with Crippen molar-refractivity contribution in [3.63, 3.8) is 0 Å². The van der Waals surface area contributed by atoms with E-state index in [9.17, 15) is 9.90 Å². The summed E-state index contributed by atoms with van der Waals surface area (Å²) in [6, 6.07) is 17.0. The van der Waals surface area contributed by atoms with Crippen molar-refractivity contribution < 1.29 is 24.5 Å². The molecule has 0 aromatic heterocycles. The monoisotopic (exact) mass is 328 g/mol. The van der Waals surface area contributed by atoms with Gasteiger partial charge < -0.3 is 19.7 Å². The third-order valence-electron chi connectivity index (χ3n) is 4.24. The molecule has 0 unspecified atom stereocenters. The quantitative estimate of drug-likeness (QED) is 0.851. The molecule has 0 radical (unpaired) electrons. The zero-order valence-corrected chi connectivity index (χ0v) is 13.2. The number of aliphatic carboxylic acids is 1. The molecule has 2 N–H and O–H groups in total. The lowest BCUT2D eigenvalue weighted by Gasteiger charge is -2.18. The van der Waals surface area contributed by atoms with Crippen LogP contribution in [0.25, 0.3) is 0 Å². The number of benzene rings is 2.